The van der Waals surface area contributed by atoms with Gasteiger partial charge in [-0.1, -0.05) is 6.92 Å². The fourth-order valence-electron chi connectivity index (χ4n) is 2.18. The fourth-order valence-corrected chi connectivity index (χ4v) is 3.36. The standard InChI is InChI=1S/C14H28N4O4S/c1-4-14(2,23-6-5-15)9(7-11(19)20)12(21)18-10(8-16)13(22)17-3/h9-10H,4-8,15-16H2,1-3H3,(H,17,22)(H,18,21)(H,19,20). The number of carboxylic acid groups (broad SMARTS) is 1. The van der Waals surface area contributed by atoms with E-state index in [2.05, 4.69) is 10.6 Å². The van der Waals surface area contributed by atoms with Crippen molar-refractivity contribution in [2.24, 2.45) is 17.4 Å². The third kappa shape index (κ3) is 6.76. The highest BCUT2D eigenvalue weighted by molar-refractivity contribution is 8.00. The molecule has 2 amide bonds. The van der Waals surface area contributed by atoms with Gasteiger partial charge in [-0.2, -0.15) is 11.8 Å². The minimum atomic E-state index is -1.07. The van der Waals surface area contributed by atoms with E-state index in [-0.39, 0.29) is 13.0 Å². The number of carboxylic acids is 1. The van der Waals surface area contributed by atoms with Crippen molar-refractivity contribution in [2.45, 2.75) is 37.5 Å². The highest BCUT2D eigenvalue weighted by Gasteiger charge is 2.40. The number of amides is 2. The molecule has 0 fully saturated rings. The zero-order valence-corrected chi connectivity index (χ0v) is 14.7. The van der Waals surface area contributed by atoms with Gasteiger partial charge >= 0.3 is 5.97 Å². The molecule has 8 nitrogen and oxygen atoms in total. The molecule has 7 N–H and O–H groups in total. The van der Waals surface area contributed by atoms with Crippen molar-refractivity contribution in [3.8, 4) is 0 Å². The van der Waals surface area contributed by atoms with E-state index in [1.54, 1.807) is 0 Å². The molecule has 3 atom stereocenters. The van der Waals surface area contributed by atoms with Crippen LogP contribution in [0.15, 0.2) is 0 Å². The quantitative estimate of drug-likeness (QED) is 0.326. The Morgan fingerprint density at radius 2 is 1.87 bits per heavy atom. The average Bonchev–Trinajstić information content (AvgIpc) is 2.54. The number of hydrogen-bond donors (Lipinski definition) is 5. The van der Waals surface area contributed by atoms with Gasteiger partial charge in [0.1, 0.15) is 6.04 Å². The summed E-state index contributed by atoms with van der Waals surface area (Å²) < 4.78 is -0.594. The number of carbonyl (C=O) groups is 3. The maximum Gasteiger partial charge on any atom is 0.304 e. The van der Waals surface area contributed by atoms with Crippen molar-refractivity contribution in [3.63, 3.8) is 0 Å². The van der Waals surface area contributed by atoms with Gasteiger partial charge in [0.2, 0.25) is 11.8 Å². The molecule has 134 valence electrons. The highest BCUT2D eigenvalue weighted by atomic mass is 32.2. The lowest BCUT2D eigenvalue weighted by molar-refractivity contribution is -0.142. The van der Waals surface area contributed by atoms with Crippen molar-refractivity contribution in [2.75, 3.05) is 25.9 Å². The second-order valence-corrected chi connectivity index (χ2v) is 6.99. The second-order valence-electron chi connectivity index (χ2n) is 5.36. The van der Waals surface area contributed by atoms with Gasteiger partial charge in [0.05, 0.1) is 12.3 Å². The number of thioether (sulfide) groups is 1. The topological polar surface area (TPSA) is 148 Å². The summed E-state index contributed by atoms with van der Waals surface area (Å²) in [6.07, 6.45) is 0.273. The van der Waals surface area contributed by atoms with Crippen LogP contribution in [-0.2, 0) is 14.4 Å². The summed E-state index contributed by atoms with van der Waals surface area (Å²) in [6.45, 7) is 4.11. The largest absolute Gasteiger partial charge is 0.481 e. The Kier molecular flexibility index (Phi) is 9.85. The predicted molar refractivity (Wildman–Crippen MR) is 91.0 cm³/mol. The van der Waals surface area contributed by atoms with E-state index in [1.807, 2.05) is 13.8 Å². The second kappa shape index (κ2) is 10.5. The van der Waals surface area contributed by atoms with Crippen molar-refractivity contribution >= 4 is 29.5 Å². The Hall–Kier alpha value is -1.32. The van der Waals surface area contributed by atoms with Gasteiger partial charge < -0.3 is 27.2 Å². The summed E-state index contributed by atoms with van der Waals surface area (Å²) in [5.41, 5.74) is 11.0. The number of hydrogen-bond acceptors (Lipinski definition) is 6. The lowest BCUT2D eigenvalue weighted by Gasteiger charge is -2.35. The first-order valence-corrected chi connectivity index (χ1v) is 8.52. The summed E-state index contributed by atoms with van der Waals surface area (Å²) in [6, 6.07) is -0.885. The van der Waals surface area contributed by atoms with Gasteiger partial charge in [-0.25, -0.2) is 0 Å². The number of aliphatic carboxylic acids is 1. The third-order valence-electron chi connectivity index (χ3n) is 3.80. The minimum absolute atomic E-state index is 0.0655. The molecule has 0 aromatic heterocycles. The van der Waals surface area contributed by atoms with Gasteiger partial charge in [-0.05, 0) is 13.3 Å². The molecule has 3 unspecified atom stereocenters. The van der Waals surface area contributed by atoms with Crippen LogP contribution in [0, 0.1) is 5.92 Å². The van der Waals surface area contributed by atoms with Crippen molar-refractivity contribution in [1.82, 2.24) is 10.6 Å². The molecule has 0 saturated heterocycles. The predicted octanol–water partition coefficient (Wildman–Crippen LogP) is -0.873. The lowest BCUT2D eigenvalue weighted by atomic mass is 9.86. The normalized spacial score (nSPS) is 16.0. The molecule has 0 bridgehead atoms. The summed E-state index contributed by atoms with van der Waals surface area (Å²) in [4.78, 5) is 35.4. The first kappa shape index (κ1) is 21.7. The zero-order chi connectivity index (χ0) is 18.0. The number of nitrogens with two attached hydrogens (primary N) is 2. The maximum atomic E-state index is 12.6. The van der Waals surface area contributed by atoms with Crippen LogP contribution >= 0.6 is 11.8 Å². The zero-order valence-electron chi connectivity index (χ0n) is 13.9. The molecule has 0 spiro atoms. The Labute approximate surface area is 141 Å². The van der Waals surface area contributed by atoms with E-state index in [4.69, 9.17) is 16.6 Å². The van der Waals surface area contributed by atoms with E-state index in [0.717, 1.165) is 0 Å². The Bertz CT molecular complexity index is 422. The third-order valence-corrected chi connectivity index (χ3v) is 5.47. The minimum Gasteiger partial charge on any atom is -0.481 e. The first-order chi connectivity index (χ1) is 10.7. The van der Waals surface area contributed by atoms with Crippen LogP contribution in [0.4, 0.5) is 0 Å². The van der Waals surface area contributed by atoms with Gasteiger partial charge in [-0.3, -0.25) is 14.4 Å². The van der Waals surface area contributed by atoms with Crippen LogP contribution < -0.4 is 22.1 Å². The Morgan fingerprint density at radius 3 is 2.26 bits per heavy atom. The van der Waals surface area contributed by atoms with Crippen LogP contribution in [0.25, 0.3) is 0 Å². The van der Waals surface area contributed by atoms with Crippen LogP contribution in [0.1, 0.15) is 26.7 Å². The molecule has 23 heavy (non-hydrogen) atoms. The molecular weight excluding hydrogens is 320 g/mol. The molecular formula is C14H28N4O4S. The van der Waals surface area contributed by atoms with Crippen LogP contribution in [0.3, 0.4) is 0 Å². The van der Waals surface area contributed by atoms with Crippen LogP contribution in [0.2, 0.25) is 0 Å². The fraction of sp³-hybridized carbons (Fsp3) is 0.786. The SMILES string of the molecule is CCC(C)(SCCN)C(CC(=O)O)C(=O)NC(CN)C(=O)NC. The van der Waals surface area contributed by atoms with E-state index < -0.39 is 34.5 Å². The number of likely N-dealkylation sites (N-methyl/N-ethyl adjacent to an activating group) is 1. The number of rotatable bonds is 11. The van der Waals surface area contributed by atoms with Crippen molar-refractivity contribution in [1.29, 1.82) is 0 Å². The van der Waals surface area contributed by atoms with Gasteiger partial charge in [-0.15, -0.1) is 0 Å². The van der Waals surface area contributed by atoms with Crippen molar-refractivity contribution < 1.29 is 19.5 Å². The molecule has 0 aromatic carbocycles. The van der Waals surface area contributed by atoms with Crippen LogP contribution in [-0.4, -0.2) is 59.6 Å². The molecule has 0 rings (SSSR count). The number of carbonyl (C=O) groups excluding carboxylic acids is 2. The average molecular weight is 348 g/mol. The summed E-state index contributed by atoms with van der Waals surface area (Å²) in [7, 11) is 1.44. The first-order valence-electron chi connectivity index (χ1n) is 7.53. The molecule has 0 aliphatic heterocycles. The highest BCUT2D eigenvalue weighted by Crippen LogP contribution is 2.38. The summed E-state index contributed by atoms with van der Waals surface area (Å²) in [5, 5.41) is 14.1. The molecule has 9 heteroatoms. The van der Waals surface area contributed by atoms with E-state index in [9.17, 15) is 14.4 Å². The Balaban J connectivity index is 5.31. The molecule has 0 aromatic rings. The van der Waals surface area contributed by atoms with Gasteiger partial charge in [0.25, 0.3) is 0 Å². The molecule has 0 radical (unpaired) electrons. The van der Waals surface area contributed by atoms with E-state index in [0.29, 0.717) is 18.7 Å². The summed E-state index contributed by atoms with van der Waals surface area (Å²) in [5.74, 6) is -2.14. The van der Waals surface area contributed by atoms with Crippen LogP contribution in [0.5, 0.6) is 0 Å². The summed E-state index contributed by atoms with van der Waals surface area (Å²) >= 11 is 1.47. The van der Waals surface area contributed by atoms with E-state index in [1.165, 1.54) is 18.8 Å². The van der Waals surface area contributed by atoms with Gasteiger partial charge in [0, 0.05) is 30.6 Å². The van der Waals surface area contributed by atoms with Gasteiger partial charge in [0.15, 0.2) is 0 Å². The molecule has 0 saturated carbocycles. The molecule has 0 aliphatic carbocycles. The number of nitrogens with one attached hydrogen (secondary N) is 2. The monoisotopic (exact) mass is 348 g/mol. The molecule has 0 heterocycles. The van der Waals surface area contributed by atoms with Crippen molar-refractivity contribution in [3.05, 3.63) is 0 Å². The Morgan fingerprint density at radius 1 is 1.26 bits per heavy atom. The smallest absolute Gasteiger partial charge is 0.304 e. The lowest BCUT2D eigenvalue weighted by Crippen LogP contribution is -2.54. The maximum absolute atomic E-state index is 12.6. The van der Waals surface area contributed by atoms with E-state index >= 15 is 0 Å². The molecule has 0 aliphatic rings.